The van der Waals surface area contributed by atoms with E-state index in [9.17, 15) is 9.59 Å². The molecule has 1 unspecified atom stereocenters. The van der Waals surface area contributed by atoms with Gasteiger partial charge in [0.15, 0.2) is 0 Å². The molecule has 1 aromatic heterocycles. The van der Waals surface area contributed by atoms with Gasteiger partial charge in [-0.3, -0.25) is 14.6 Å². The molecule has 0 radical (unpaired) electrons. The van der Waals surface area contributed by atoms with Gasteiger partial charge in [0, 0.05) is 30.8 Å². The highest BCUT2D eigenvalue weighted by molar-refractivity contribution is 5.76. The second-order valence-electron chi connectivity index (χ2n) is 8.96. The SMILES string of the molecule is Cc1nc(N2CCOCC2)[nH]c(=O)c1CCC(=O)NC(CCCc1ccccc1)c1ccccc1. The minimum atomic E-state index is -0.172. The van der Waals surface area contributed by atoms with E-state index in [0.717, 1.165) is 24.8 Å². The van der Waals surface area contributed by atoms with E-state index < -0.39 is 0 Å². The van der Waals surface area contributed by atoms with E-state index in [0.29, 0.717) is 49.9 Å². The van der Waals surface area contributed by atoms with Crippen molar-refractivity contribution in [2.45, 2.75) is 45.1 Å². The molecule has 1 amide bonds. The van der Waals surface area contributed by atoms with Gasteiger partial charge in [0.2, 0.25) is 11.9 Å². The van der Waals surface area contributed by atoms with Crippen molar-refractivity contribution in [2.75, 3.05) is 31.2 Å². The van der Waals surface area contributed by atoms with Crippen molar-refractivity contribution < 1.29 is 9.53 Å². The molecule has 1 fully saturated rings. The molecule has 1 saturated heterocycles. The van der Waals surface area contributed by atoms with Crippen molar-refractivity contribution in [3.63, 3.8) is 0 Å². The molecule has 4 rings (SSSR count). The lowest BCUT2D eigenvalue weighted by molar-refractivity contribution is -0.121. The van der Waals surface area contributed by atoms with Crippen molar-refractivity contribution in [2.24, 2.45) is 0 Å². The maximum atomic E-state index is 12.9. The van der Waals surface area contributed by atoms with Gasteiger partial charge in [-0.25, -0.2) is 4.98 Å². The molecular formula is C28H34N4O3. The van der Waals surface area contributed by atoms with Crippen LogP contribution in [-0.2, 0) is 22.4 Å². The fraction of sp³-hybridized carbons (Fsp3) is 0.393. The topological polar surface area (TPSA) is 87.3 Å². The van der Waals surface area contributed by atoms with Crippen LogP contribution in [0.25, 0.3) is 0 Å². The molecule has 1 aliphatic rings. The van der Waals surface area contributed by atoms with Crippen molar-refractivity contribution in [3.8, 4) is 0 Å². The summed E-state index contributed by atoms with van der Waals surface area (Å²) in [7, 11) is 0. The smallest absolute Gasteiger partial charge is 0.255 e. The van der Waals surface area contributed by atoms with Crippen molar-refractivity contribution in [1.29, 1.82) is 0 Å². The Hall–Kier alpha value is -3.45. The van der Waals surface area contributed by atoms with Crippen molar-refractivity contribution in [3.05, 3.63) is 93.4 Å². The van der Waals surface area contributed by atoms with Crippen LogP contribution >= 0.6 is 0 Å². The number of nitrogens with one attached hydrogen (secondary N) is 2. The number of aryl methyl sites for hydroxylation is 2. The number of H-pyrrole nitrogens is 1. The molecule has 7 heteroatoms. The average Bonchev–Trinajstić information content (AvgIpc) is 2.89. The molecule has 3 aromatic rings. The predicted octanol–water partition coefficient (Wildman–Crippen LogP) is 3.73. The number of hydrogen-bond acceptors (Lipinski definition) is 5. The quantitative estimate of drug-likeness (QED) is 0.468. The molecular weight excluding hydrogens is 440 g/mol. The number of morpholine rings is 1. The third kappa shape index (κ3) is 7.02. The molecule has 0 saturated carbocycles. The van der Waals surface area contributed by atoms with Crippen LogP contribution in [0.15, 0.2) is 65.5 Å². The average molecular weight is 475 g/mol. The number of hydrogen-bond donors (Lipinski definition) is 2. The second-order valence-corrected chi connectivity index (χ2v) is 8.96. The van der Waals surface area contributed by atoms with Crippen LogP contribution in [0.5, 0.6) is 0 Å². The molecule has 0 bridgehead atoms. The minimum absolute atomic E-state index is 0.0605. The standard InChI is InChI=1S/C28H34N4O3/c1-21-24(27(34)31-28(29-21)32-17-19-35-20-18-32)15-16-26(33)30-25(23-12-6-3-7-13-23)14-8-11-22-9-4-2-5-10-22/h2-7,9-10,12-13,25H,8,11,14-20H2,1H3,(H,30,33)(H,29,31,34). The first kappa shape index (κ1) is 24.7. The minimum Gasteiger partial charge on any atom is -0.378 e. The number of rotatable bonds is 10. The number of ether oxygens (including phenoxy) is 1. The first-order valence-electron chi connectivity index (χ1n) is 12.4. The van der Waals surface area contributed by atoms with Gasteiger partial charge in [0.25, 0.3) is 5.56 Å². The first-order chi connectivity index (χ1) is 17.1. The van der Waals surface area contributed by atoms with Crippen LogP contribution in [0.4, 0.5) is 5.95 Å². The summed E-state index contributed by atoms with van der Waals surface area (Å²) in [6.45, 7) is 4.49. The second kappa shape index (κ2) is 12.3. The third-order valence-electron chi connectivity index (χ3n) is 6.46. The molecule has 0 spiro atoms. The van der Waals surface area contributed by atoms with Gasteiger partial charge < -0.3 is 15.0 Å². The lowest BCUT2D eigenvalue weighted by Crippen LogP contribution is -2.38. The van der Waals surface area contributed by atoms with E-state index in [1.807, 2.05) is 36.1 Å². The lowest BCUT2D eigenvalue weighted by Gasteiger charge is -2.27. The number of amides is 1. The van der Waals surface area contributed by atoms with Gasteiger partial charge in [-0.2, -0.15) is 0 Å². The Morgan fingerprint density at radius 1 is 1.06 bits per heavy atom. The zero-order valence-corrected chi connectivity index (χ0v) is 20.3. The molecule has 35 heavy (non-hydrogen) atoms. The van der Waals surface area contributed by atoms with Gasteiger partial charge in [-0.05, 0) is 43.7 Å². The van der Waals surface area contributed by atoms with Gasteiger partial charge in [-0.15, -0.1) is 0 Å². The third-order valence-corrected chi connectivity index (χ3v) is 6.46. The maximum absolute atomic E-state index is 12.9. The molecule has 7 nitrogen and oxygen atoms in total. The summed E-state index contributed by atoms with van der Waals surface area (Å²) in [5, 5.41) is 3.20. The summed E-state index contributed by atoms with van der Waals surface area (Å²) in [6.07, 6.45) is 3.38. The van der Waals surface area contributed by atoms with E-state index in [4.69, 9.17) is 4.74 Å². The largest absolute Gasteiger partial charge is 0.378 e. The van der Waals surface area contributed by atoms with E-state index in [-0.39, 0.29) is 23.9 Å². The van der Waals surface area contributed by atoms with E-state index in [1.165, 1.54) is 5.56 Å². The number of nitrogens with zero attached hydrogens (tertiary/aromatic N) is 2. The highest BCUT2D eigenvalue weighted by Gasteiger charge is 2.18. The highest BCUT2D eigenvalue weighted by atomic mass is 16.5. The normalized spacial score (nSPS) is 14.5. The van der Waals surface area contributed by atoms with Gasteiger partial charge >= 0.3 is 0 Å². The Morgan fingerprint density at radius 2 is 1.74 bits per heavy atom. The predicted molar refractivity (Wildman–Crippen MR) is 138 cm³/mol. The summed E-state index contributed by atoms with van der Waals surface area (Å²) >= 11 is 0. The molecule has 1 atom stereocenters. The van der Waals surface area contributed by atoms with Crippen LogP contribution in [0.3, 0.4) is 0 Å². The summed E-state index contributed by atoms with van der Waals surface area (Å²) in [6, 6.07) is 20.4. The fourth-order valence-corrected chi connectivity index (χ4v) is 4.48. The lowest BCUT2D eigenvalue weighted by atomic mass is 9.98. The zero-order valence-electron chi connectivity index (χ0n) is 20.3. The van der Waals surface area contributed by atoms with Crippen LogP contribution in [0, 0.1) is 6.92 Å². The summed E-state index contributed by atoms with van der Waals surface area (Å²) < 4.78 is 5.37. The molecule has 2 aromatic carbocycles. The van der Waals surface area contributed by atoms with E-state index in [1.54, 1.807) is 0 Å². The number of aromatic amines is 1. The number of carbonyl (C=O) groups is 1. The maximum Gasteiger partial charge on any atom is 0.255 e. The van der Waals surface area contributed by atoms with Crippen LogP contribution in [-0.4, -0.2) is 42.2 Å². The molecule has 2 heterocycles. The summed E-state index contributed by atoms with van der Waals surface area (Å²) in [4.78, 5) is 35.2. The number of benzene rings is 2. The number of carbonyl (C=O) groups excluding carboxylic acids is 1. The van der Waals surface area contributed by atoms with Crippen molar-refractivity contribution >= 4 is 11.9 Å². The van der Waals surface area contributed by atoms with Gasteiger partial charge in [-0.1, -0.05) is 60.7 Å². The zero-order chi connectivity index (χ0) is 24.5. The number of anilines is 1. The van der Waals surface area contributed by atoms with Crippen LogP contribution in [0.1, 0.15) is 47.7 Å². The Labute approximate surface area is 206 Å². The van der Waals surface area contributed by atoms with Crippen LogP contribution < -0.4 is 15.8 Å². The molecule has 1 aliphatic heterocycles. The molecule has 2 N–H and O–H groups in total. The molecule has 0 aliphatic carbocycles. The Kier molecular flexibility index (Phi) is 8.68. The van der Waals surface area contributed by atoms with Gasteiger partial charge in [0.1, 0.15) is 0 Å². The van der Waals surface area contributed by atoms with Crippen molar-refractivity contribution in [1.82, 2.24) is 15.3 Å². The summed E-state index contributed by atoms with van der Waals surface area (Å²) in [5.41, 5.74) is 3.46. The number of aromatic nitrogens is 2. The summed E-state index contributed by atoms with van der Waals surface area (Å²) in [5.74, 6) is 0.515. The Balaban J connectivity index is 1.36. The first-order valence-corrected chi connectivity index (χ1v) is 12.4. The Morgan fingerprint density at radius 3 is 2.43 bits per heavy atom. The Bertz CT molecular complexity index is 1140. The van der Waals surface area contributed by atoms with Gasteiger partial charge in [0.05, 0.1) is 19.3 Å². The fourth-order valence-electron chi connectivity index (χ4n) is 4.48. The monoisotopic (exact) mass is 474 g/mol. The van der Waals surface area contributed by atoms with Crippen LogP contribution in [0.2, 0.25) is 0 Å². The van der Waals surface area contributed by atoms with E-state index in [2.05, 4.69) is 51.7 Å². The molecule has 184 valence electrons. The van der Waals surface area contributed by atoms with E-state index >= 15 is 0 Å². The highest BCUT2D eigenvalue weighted by Crippen LogP contribution is 2.20.